The summed E-state index contributed by atoms with van der Waals surface area (Å²) < 4.78 is 29.3. The molecule has 1 aromatic carbocycles. The molecule has 0 aliphatic carbocycles. The molecule has 0 radical (unpaired) electrons. The number of hydrogen-bond donors (Lipinski definition) is 2. The van der Waals surface area contributed by atoms with Crippen molar-refractivity contribution in [2.45, 2.75) is 44.2 Å². The number of nitrogens with one attached hydrogen (secondary N) is 2. The second kappa shape index (κ2) is 11.1. The lowest BCUT2D eigenvalue weighted by Crippen LogP contribution is -2.42. The molecule has 2 aromatic rings. The van der Waals surface area contributed by atoms with Gasteiger partial charge in [-0.05, 0) is 70.4 Å². The molecular formula is C23H34ClN7O3S. The van der Waals surface area contributed by atoms with Crippen LogP contribution in [0.2, 0.25) is 5.02 Å². The summed E-state index contributed by atoms with van der Waals surface area (Å²) in [6.07, 6.45) is 3.97. The molecule has 2 aliphatic heterocycles. The van der Waals surface area contributed by atoms with Gasteiger partial charge in [-0.2, -0.15) is 15.0 Å². The summed E-state index contributed by atoms with van der Waals surface area (Å²) in [5, 5.41) is 7.08. The van der Waals surface area contributed by atoms with Gasteiger partial charge in [0.15, 0.2) is 0 Å². The molecule has 10 nitrogen and oxygen atoms in total. The monoisotopic (exact) mass is 523 g/mol. The van der Waals surface area contributed by atoms with Crippen molar-refractivity contribution in [1.29, 1.82) is 0 Å². The van der Waals surface area contributed by atoms with Crippen LogP contribution in [0, 0.1) is 0 Å². The first-order valence-electron chi connectivity index (χ1n) is 12.0. The molecule has 35 heavy (non-hydrogen) atoms. The fraction of sp³-hybridized carbons (Fsp3) is 0.609. The number of ether oxygens (including phenoxy) is 1. The van der Waals surface area contributed by atoms with Crippen molar-refractivity contribution in [2.24, 2.45) is 0 Å². The van der Waals surface area contributed by atoms with E-state index < -0.39 is 9.84 Å². The lowest BCUT2D eigenvalue weighted by Gasteiger charge is -2.35. The number of methoxy groups -OCH3 is 1. The first kappa shape index (κ1) is 25.7. The Labute approximate surface area is 212 Å². The molecule has 3 heterocycles. The number of rotatable bonds is 7. The van der Waals surface area contributed by atoms with E-state index in [9.17, 15) is 8.42 Å². The van der Waals surface area contributed by atoms with Gasteiger partial charge in [-0.15, -0.1) is 0 Å². The summed E-state index contributed by atoms with van der Waals surface area (Å²) in [4.78, 5) is 18.5. The van der Waals surface area contributed by atoms with Crippen LogP contribution in [0.3, 0.4) is 0 Å². The number of anilines is 4. The summed E-state index contributed by atoms with van der Waals surface area (Å²) in [5.74, 6) is 2.38. The van der Waals surface area contributed by atoms with Crippen LogP contribution >= 0.6 is 11.6 Å². The zero-order valence-electron chi connectivity index (χ0n) is 20.5. The van der Waals surface area contributed by atoms with E-state index in [2.05, 4.69) is 32.5 Å². The Balaban J connectivity index is 1.59. The molecule has 0 amide bonds. The number of benzene rings is 1. The van der Waals surface area contributed by atoms with Crippen LogP contribution in [-0.4, -0.2) is 86.2 Å². The van der Waals surface area contributed by atoms with Crippen molar-refractivity contribution < 1.29 is 13.2 Å². The van der Waals surface area contributed by atoms with Gasteiger partial charge in [-0.25, -0.2) is 8.42 Å². The maximum absolute atomic E-state index is 12.0. The topological polar surface area (TPSA) is 113 Å². The number of nitrogens with zero attached hydrogens (tertiary/aromatic N) is 5. The second-order valence-electron chi connectivity index (χ2n) is 9.33. The summed E-state index contributed by atoms with van der Waals surface area (Å²) in [5.41, 5.74) is 0.724. The highest BCUT2D eigenvalue weighted by molar-refractivity contribution is 7.91. The fourth-order valence-corrected chi connectivity index (χ4v) is 6.22. The minimum absolute atomic E-state index is 0.0144. The molecule has 1 atom stereocenters. The first-order valence-corrected chi connectivity index (χ1v) is 14.2. The van der Waals surface area contributed by atoms with Crippen molar-refractivity contribution in [2.75, 3.05) is 61.3 Å². The third-order valence-electron chi connectivity index (χ3n) is 6.70. The third kappa shape index (κ3) is 6.86. The van der Waals surface area contributed by atoms with E-state index in [0.29, 0.717) is 47.5 Å². The molecule has 0 spiro atoms. The molecule has 1 unspecified atom stereocenters. The minimum atomic E-state index is -2.98. The Morgan fingerprint density at radius 3 is 2.54 bits per heavy atom. The molecule has 12 heteroatoms. The van der Waals surface area contributed by atoms with E-state index in [-0.39, 0.29) is 17.5 Å². The third-order valence-corrected chi connectivity index (χ3v) is 8.77. The Morgan fingerprint density at radius 2 is 1.83 bits per heavy atom. The molecule has 2 saturated heterocycles. The Hall–Kier alpha value is -2.37. The Morgan fingerprint density at radius 1 is 1.09 bits per heavy atom. The highest BCUT2D eigenvalue weighted by atomic mass is 35.5. The van der Waals surface area contributed by atoms with Gasteiger partial charge < -0.3 is 25.2 Å². The fourth-order valence-electron chi connectivity index (χ4n) is 4.51. The summed E-state index contributed by atoms with van der Waals surface area (Å²) in [6, 6.07) is 5.70. The molecule has 2 N–H and O–H groups in total. The van der Waals surface area contributed by atoms with Crippen molar-refractivity contribution in [3.8, 4) is 5.75 Å². The van der Waals surface area contributed by atoms with E-state index in [1.165, 1.54) is 0 Å². The zero-order chi connectivity index (χ0) is 25.0. The number of aromatic nitrogens is 3. The molecule has 0 saturated carbocycles. The van der Waals surface area contributed by atoms with E-state index >= 15 is 0 Å². The molecule has 192 valence electrons. The maximum atomic E-state index is 12.0. The Kier molecular flexibility index (Phi) is 8.18. The van der Waals surface area contributed by atoms with Crippen molar-refractivity contribution in [3.63, 3.8) is 0 Å². The smallest absolute Gasteiger partial charge is 0.233 e. The number of sulfone groups is 1. The van der Waals surface area contributed by atoms with Gasteiger partial charge >= 0.3 is 0 Å². The lowest BCUT2D eigenvalue weighted by molar-refractivity contribution is 0.252. The lowest BCUT2D eigenvalue weighted by atomic mass is 10.0. The normalized spacial score (nSPS) is 21.2. The predicted molar refractivity (Wildman–Crippen MR) is 140 cm³/mol. The SMILES string of the molecule is COc1ccc(Nc2nc(NC3CCCS(=O)(=O)CC3)nc(N(C)C3CCN(C)CC3)n2)cc1Cl. The molecule has 2 aliphatic rings. The van der Waals surface area contributed by atoms with Gasteiger partial charge in [0.2, 0.25) is 17.8 Å². The standard InChI is InChI=1S/C23H34ClN7O3S/c1-30-11-8-18(9-12-30)31(2)23-28-21(25-16-5-4-13-35(32,33)14-10-16)27-22(29-23)26-17-6-7-20(34-3)19(24)15-17/h6-7,15-16,18H,4-5,8-14H2,1-3H3,(H2,25,26,27,28,29). The second-order valence-corrected chi connectivity index (χ2v) is 12.0. The van der Waals surface area contributed by atoms with Crippen molar-refractivity contribution >= 4 is 45.0 Å². The van der Waals surface area contributed by atoms with Gasteiger partial charge in [0.25, 0.3) is 0 Å². The largest absolute Gasteiger partial charge is 0.495 e. The predicted octanol–water partition coefficient (Wildman–Crippen LogP) is 3.19. The first-order chi connectivity index (χ1) is 16.7. The molecule has 4 rings (SSSR count). The summed E-state index contributed by atoms with van der Waals surface area (Å²) >= 11 is 6.30. The molecule has 0 bridgehead atoms. The highest BCUT2D eigenvalue weighted by Crippen LogP contribution is 2.29. The van der Waals surface area contributed by atoms with Crippen LogP contribution in [0.1, 0.15) is 32.1 Å². The number of halogens is 1. The van der Waals surface area contributed by atoms with Gasteiger partial charge in [-0.1, -0.05) is 11.6 Å². The average molecular weight is 524 g/mol. The van der Waals surface area contributed by atoms with Crippen LogP contribution in [0.5, 0.6) is 5.75 Å². The van der Waals surface area contributed by atoms with Crippen molar-refractivity contribution in [1.82, 2.24) is 19.9 Å². The molecular weight excluding hydrogens is 490 g/mol. The van der Waals surface area contributed by atoms with Crippen LogP contribution in [-0.2, 0) is 9.84 Å². The van der Waals surface area contributed by atoms with Gasteiger partial charge in [0.1, 0.15) is 15.6 Å². The van der Waals surface area contributed by atoms with Crippen molar-refractivity contribution in [3.05, 3.63) is 23.2 Å². The summed E-state index contributed by atoms with van der Waals surface area (Å²) in [6.45, 7) is 2.05. The zero-order valence-corrected chi connectivity index (χ0v) is 22.1. The Bertz CT molecular complexity index is 1130. The van der Waals surface area contributed by atoms with Crippen LogP contribution in [0.15, 0.2) is 18.2 Å². The van der Waals surface area contributed by atoms with Crippen LogP contribution < -0.4 is 20.3 Å². The van der Waals surface area contributed by atoms with E-state index in [1.807, 2.05) is 13.1 Å². The molecule has 2 fully saturated rings. The maximum Gasteiger partial charge on any atom is 0.233 e. The van der Waals surface area contributed by atoms with Gasteiger partial charge in [-0.3, -0.25) is 0 Å². The highest BCUT2D eigenvalue weighted by Gasteiger charge is 2.25. The van der Waals surface area contributed by atoms with E-state index in [4.69, 9.17) is 26.3 Å². The van der Waals surface area contributed by atoms with Gasteiger partial charge in [0.05, 0.1) is 23.6 Å². The van der Waals surface area contributed by atoms with E-state index in [1.54, 1.807) is 19.2 Å². The summed E-state index contributed by atoms with van der Waals surface area (Å²) in [7, 11) is 2.74. The quantitative estimate of drug-likeness (QED) is 0.561. The van der Waals surface area contributed by atoms with Crippen LogP contribution in [0.25, 0.3) is 0 Å². The van der Waals surface area contributed by atoms with Gasteiger partial charge in [0, 0.05) is 24.8 Å². The average Bonchev–Trinajstić information content (AvgIpc) is 2.99. The number of hydrogen-bond acceptors (Lipinski definition) is 10. The minimum Gasteiger partial charge on any atom is -0.495 e. The number of likely N-dealkylation sites (tertiary alicyclic amines) is 1. The van der Waals surface area contributed by atoms with E-state index in [0.717, 1.165) is 38.0 Å². The molecule has 1 aromatic heterocycles. The van der Waals surface area contributed by atoms with Crippen LogP contribution in [0.4, 0.5) is 23.5 Å². The number of piperidine rings is 1.